The highest BCUT2D eigenvalue weighted by molar-refractivity contribution is 4.82. The normalized spacial score (nSPS) is 27.6. The quantitative estimate of drug-likeness (QED) is 0.791. The van der Waals surface area contributed by atoms with Gasteiger partial charge in [-0.25, -0.2) is 0 Å². The molecule has 0 bridgehead atoms. The van der Waals surface area contributed by atoms with Crippen LogP contribution in [-0.4, -0.2) is 37.3 Å². The van der Waals surface area contributed by atoms with E-state index in [0.29, 0.717) is 12.5 Å². The molecule has 2 nitrogen and oxygen atoms in total. The molecule has 1 aliphatic carbocycles. The van der Waals surface area contributed by atoms with Gasteiger partial charge in [0.25, 0.3) is 0 Å². The van der Waals surface area contributed by atoms with Crippen LogP contribution in [0.3, 0.4) is 0 Å². The summed E-state index contributed by atoms with van der Waals surface area (Å²) in [6.07, 6.45) is -1.61. The lowest BCUT2D eigenvalue weighted by atomic mass is 10.0. The van der Waals surface area contributed by atoms with Gasteiger partial charge in [0.05, 0.1) is 6.42 Å². The van der Waals surface area contributed by atoms with Crippen LogP contribution < -0.4 is 5.73 Å². The first-order valence-electron chi connectivity index (χ1n) is 5.39. The number of halogens is 3. The van der Waals surface area contributed by atoms with E-state index < -0.39 is 12.6 Å². The zero-order valence-electron chi connectivity index (χ0n) is 9.06. The van der Waals surface area contributed by atoms with Gasteiger partial charge in [-0.1, -0.05) is 6.42 Å². The van der Waals surface area contributed by atoms with Gasteiger partial charge in [-0.05, 0) is 25.8 Å². The van der Waals surface area contributed by atoms with Gasteiger partial charge in [-0.2, -0.15) is 13.2 Å². The maximum Gasteiger partial charge on any atom is 0.390 e. The molecule has 1 aliphatic rings. The Hall–Kier alpha value is -0.290. The van der Waals surface area contributed by atoms with Crippen LogP contribution in [-0.2, 0) is 0 Å². The third-order valence-corrected chi connectivity index (χ3v) is 3.04. The summed E-state index contributed by atoms with van der Waals surface area (Å²) in [5.41, 5.74) is 5.86. The van der Waals surface area contributed by atoms with E-state index >= 15 is 0 Å². The smallest absolute Gasteiger partial charge is 0.327 e. The highest BCUT2D eigenvalue weighted by atomic mass is 19.4. The van der Waals surface area contributed by atoms with Crippen LogP contribution in [0, 0.1) is 5.92 Å². The molecule has 1 rings (SSSR count). The molecule has 0 aromatic rings. The van der Waals surface area contributed by atoms with E-state index in [0.717, 1.165) is 19.3 Å². The number of hydrogen-bond acceptors (Lipinski definition) is 2. The first-order valence-corrected chi connectivity index (χ1v) is 5.39. The van der Waals surface area contributed by atoms with E-state index in [-0.39, 0.29) is 12.6 Å². The molecule has 2 N–H and O–H groups in total. The van der Waals surface area contributed by atoms with Crippen molar-refractivity contribution in [3.05, 3.63) is 0 Å². The van der Waals surface area contributed by atoms with E-state index in [1.807, 2.05) is 0 Å². The Morgan fingerprint density at radius 3 is 2.47 bits per heavy atom. The lowest BCUT2D eigenvalue weighted by Crippen LogP contribution is -2.35. The van der Waals surface area contributed by atoms with Gasteiger partial charge in [0.2, 0.25) is 0 Å². The summed E-state index contributed by atoms with van der Waals surface area (Å²) in [5, 5.41) is 0. The number of nitrogens with two attached hydrogens (primary N) is 1. The maximum absolute atomic E-state index is 12.0. The Labute approximate surface area is 88.6 Å². The molecule has 2 atom stereocenters. The second-order valence-electron chi connectivity index (χ2n) is 4.48. The van der Waals surface area contributed by atoms with E-state index in [9.17, 15) is 13.2 Å². The van der Waals surface area contributed by atoms with Crippen LogP contribution in [0.15, 0.2) is 0 Å². The molecule has 0 saturated heterocycles. The average Bonchev–Trinajstić information content (AvgIpc) is 2.47. The second-order valence-corrected chi connectivity index (χ2v) is 4.48. The van der Waals surface area contributed by atoms with Gasteiger partial charge in [-0.3, -0.25) is 0 Å². The molecule has 1 fully saturated rings. The molecule has 2 unspecified atom stereocenters. The van der Waals surface area contributed by atoms with Crippen molar-refractivity contribution >= 4 is 0 Å². The monoisotopic (exact) mass is 224 g/mol. The van der Waals surface area contributed by atoms with Gasteiger partial charge >= 0.3 is 6.18 Å². The van der Waals surface area contributed by atoms with E-state index in [2.05, 4.69) is 0 Å². The zero-order chi connectivity index (χ0) is 11.5. The predicted octanol–water partition coefficient (Wildman–Crippen LogP) is 2.00. The fourth-order valence-electron chi connectivity index (χ4n) is 2.10. The Morgan fingerprint density at radius 2 is 2.00 bits per heavy atom. The third kappa shape index (κ3) is 4.84. The summed E-state index contributed by atoms with van der Waals surface area (Å²) in [6.45, 7) is 0.768. The lowest BCUT2D eigenvalue weighted by molar-refractivity contribution is -0.137. The molecule has 0 amide bonds. The van der Waals surface area contributed by atoms with Crippen molar-refractivity contribution in [2.45, 2.75) is 37.9 Å². The molecule has 5 heteroatoms. The van der Waals surface area contributed by atoms with Crippen molar-refractivity contribution < 1.29 is 13.2 Å². The van der Waals surface area contributed by atoms with Crippen molar-refractivity contribution in [2.75, 3.05) is 20.1 Å². The molecule has 0 aromatic heterocycles. The predicted molar refractivity (Wildman–Crippen MR) is 53.5 cm³/mol. The van der Waals surface area contributed by atoms with E-state index in [4.69, 9.17) is 5.73 Å². The fourth-order valence-corrected chi connectivity index (χ4v) is 2.10. The van der Waals surface area contributed by atoms with Gasteiger partial charge in [-0.15, -0.1) is 0 Å². The highest BCUT2D eigenvalue weighted by Gasteiger charge is 2.29. The Bertz CT molecular complexity index is 194. The first-order chi connectivity index (χ1) is 6.88. The summed E-state index contributed by atoms with van der Waals surface area (Å²) in [7, 11) is 1.73. The molecule has 0 heterocycles. The van der Waals surface area contributed by atoms with Gasteiger partial charge in [0.1, 0.15) is 0 Å². The molecular formula is C10H19F3N2. The molecule has 90 valence electrons. The van der Waals surface area contributed by atoms with Crippen LogP contribution in [0.4, 0.5) is 13.2 Å². The molecule has 1 saturated carbocycles. The van der Waals surface area contributed by atoms with E-state index in [1.54, 1.807) is 11.9 Å². The van der Waals surface area contributed by atoms with E-state index in [1.165, 1.54) is 0 Å². The Balaban J connectivity index is 2.20. The van der Waals surface area contributed by atoms with Crippen molar-refractivity contribution in [1.82, 2.24) is 4.90 Å². The SMILES string of the molecule is CN(CCC(F)(F)F)CC1CCCC1N. The molecule has 0 spiro atoms. The number of alkyl halides is 3. The average molecular weight is 224 g/mol. The van der Waals surface area contributed by atoms with Crippen LogP contribution in [0.5, 0.6) is 0 Å². The summed E-state index contributed by atoms with van der Waals surface area (Å²) in [4.78, 5) is 1.74. The highest BCUT2D eigenvalue weighted by Crippen LogP contribution is 2.25. The van der Waals surface area contributed by atoms with Gasteiger partial charge < -0.3 is 10.6 Å². The van der Waals surface area contributed by atoms with Gasteiger partial charge in [0.15, 0.2) is 0 Å². The topological polar surface area (TPSA) is 29.3 Å². The second kappa shape index (κ2) is 5.16. The van der Waals surface area contributed by atoms with Crippen molar-refractivity contribution in [2.24, 2.45) is 11.7 Å². The summed E-state index contributed by atoms with van der Waals surface area (Å²) >= 11 is 0. The molecule has 15 heavy (non-hydrogen) atoms. The van der Waals surface area contributed by atoms with Gasteiger partial charge in [0, 0.05) is 19.1 Å². The maximum atomic E-state index is 12.0. The van der Waals surface area contributed by atoms with Crippen molar-refractivity contribution in [3.8, 4) is 0 Å². The number of rotatable bonds is 4. The van der Waals surface area contributed by atoms with Crippen molar-refractivity contribution in [3.63, 3.8) is 0 Å². The number of hydrogen-bond donors (Lipinski definition) is 1. The molecule has 0 aromatic carbocycles. The standard InChI is InChI=1S/C10H19F3N2/c1-15(6-5-10(11,12)13)7-8-3-2-4-9(8)14/h8-9H,2-7,14H2,1H3. The van der Waals surface area contributed by atoms with Crippen LogP contribution in [0.2, 0.25) is 0 Å². The minimum atomic E-state index is -4.05. The van der Waals surface area contributed by atoms with Crippen LogP contribution >= 0.6 is 0 Å². The summed E-state index contributed by atoms with van der Waals surface area (Å²) in [6, 6.07) is 0.179. The minimum absolute atomic E-state index is 0.0761. The van der Waals surface area contributed by atoms with Crippen LogP contribution in [0.25, 0.3) is 0 Å². The van der Waals surface area contributed by atoms with Crippen LogP contribution in [0.1, 0.15) is 25.7 Å². The molecular weight excluding hydrogens is 205 g/mol. The third-order valence-electron chi connectivity index (χ3n) is 3.04. The Morgan fingerprint density at radius 1 is 1.33 bits per heavy atom. The Kier molecular flexibility index (Phi) is 4.40. The summed E-state index contributed by atoms with van der Waals surface area (Å²) in [5.74, 6) is 0.378. The lowest BCUT2D eigenvalue weighted by Gasteiger charge is -2.23. The number of nitrogens with zero attached hydrogens (tertiary/aromatic N) is 1. The largest absolute Gasteiger partial charge is 0.390 e. The first kappa shape index (κ1) is 12.8. The molecule has 0 radical (unpaired) electrons. The zero-order valence-corrected chi connectivity index (χ0v) is 9.06. The fraction of sp³-hybridized carbons (Fsp3) is 1.00. The van der Waals surface area contributed by atoms with Crippen molar-refractivity contribution in [1.29, 1.82) is 0 Å². The molecule has 0 aliphatic heterocycles. The summed E-state index contributed by atoms with van der Waals surface area (Å²) < 4.78 is 35.9. The minimum Gasteiger partial charge on any atom is -0.327 e.